The van der Waals surface area contributed by atoms with Crippen molar-refractivity contribution < 1.29 is 14.3 Å². The van der Waals surface area contributed by atoms with Gasteiger partial charge in [-0.15, -0.1) is 5.10 Å². The van der Waals surface area contributed by atoms with E-state index in [1.54, 1.807) is 36.4 Å². The van der Waals surface area contributed by atoms with E-state index < -0.39 is 17.9 Å². The number of aromatic nitrogens is 5. The molecule has 0 aliphatic carbocycles. The molecule has 0 radical (unpaired) electrons. The molecule has 31 heavy (non-hydrogen) atoms. The highest BCUT2D eigenvalue weighted by atomic mass is 35.5. The first-order chi connectivity index (χ1) is 15.1. The zero-order chi connectivity index (χ0) is 21.8. The maximum absolute atomic E-state index is 13.2. The number of tetrazole rings is 1. The Bertz CT molecular complexity index is 1210. The maximum atomic E-state index is 13.2. The average Bonchev–Trinajstić information content (AvgIpc) is 3.45. The number of halogens is 1. The highest BCUT2D eigenvalue weighted by Gasteiger charge is 2.27. The van der Waals surface area contributed by atoms with E-state index >= 15 is 0 Å². The molecule has 156 valence electrons. The third-order valence-corrected chi connectivity index (χ3v) is 5.68. The number of carbonyl (C=O) groups is 2. The number of nitrogens with one attached hydrogen (secondary N) is 1. The fourth-order valence-electron chi connectivity index (χ4n) is 2.96. The van der Waals surface area contributed by atoms with Crippen LogP contribution in [0.15, 0.2) is 60.9 Å². The number of benzene rings is 2. The first-order valence-corrected chi connectivity index (χ1v) is 10.2. The van der Waals surface area contributed by atoms with E-state index in [0.717, 1.165) is 11.3 Å². The molecule has 2 aromatic carbocycles. The molecule has 0 saturated heterocycles. The van der Waals surface area contributed by atoms with Crippen molar-refractivity contribution >= 4 is 39.9 Å². The lowest BCUT2D eigenvalue weighted by Gasteiger charge is -2.15. The number of hydrogen-bond donors (Lipinski definition) is 1. The molecule has 11 heteroatoms. The fraction of sp³-hybridized carbons (Fsp3) is 0.100. The van der Waals surface area contributed by atoms with E-state index in [0.29, 0.717) is 21.0 Å². The second-order valence-corrected chi connectivity index (χ2v) is 7.67. The van der Waals surface area contributed by atoms with Gasteiger partial charge in [0.1, 0.15) is 6.33 Å². The summed E-state index contributed by atoms with van der Waals surface area (Å²) in [6.45, 7) is 0. The third kappa shape index (κ3) is 4.30. The van der Waals surface area contributed by atoms with Crippen LogP contribution in [-0.4, -0.2) is 44.2 Å². The van der Waals surface area contributed by atoms with Crippen LogP contribution in [0.1, 0.15) is 22.1 Å². The number of hydrogen-bond acceptors (Lipinski definition) is 8. The Kier molecular flexibility index (Phi) is 6.01. The molecular weight excluding hydrogens is 440 g/mol. The topological polar surface area (TPSA) is 112 Å². The molecule has 1 atom stereocenters. The van der Waals surface area contributed by atoms with E-state index in [4.69, 9.17) is 16.3 Å². The quantitative estimate of drug-likeness (QED) is 0.444. The van der Waals surface area contributed by atoms with Crippen LogP contribution >= 0.6 is 22.9 Å². The summed E-state index contributed by atoms with van der Waals surface area (Å²) in [5.41, 5.74) is 1.36. The Balaban J connectivity index is 1.71. The molecule has 0 aliphatic rings. The lowest BCUT2D eigenvalue weighted by molar-refractivity contribution is -0.118. The van der Waals surface area contributed by atoms with E-state index in [1.165, 1.54) is 18.1 Å². The first kappa shape index (κ1) is 20.6. The van der Waals surface area contributed by atoms with Gasteiger partial charge in [-0.1, -0.05) is 71.5 Å². The van der Waals surface area contributed by atoms with Gasteiger partial charge in [0.2, 0.25) is 0 Å². The normalized spacial score (nSPS) is 11.7. The molecule has 0 unspecified atom stereocenters. The van der Waals surface area contributed by atoms with Gasteiger partial charge in [-0.05, 0) is 22.1 Å². The van der Waals surface area contributed by atoms with Gasteiger partial charge >= 0.3 is 5.97 Å². The van der Waals surface area contributed by atoms with Gasteiger partial charge in [0.15, 0.2) is 16.9 Å². The Morgan fingerprint density at radius 2 is 1.87 bits per heavy atom. The van der Waals surface area contributed by atoms with Gasteiger partial charge in [0.25, 0.3) is 5.91 Å². The van der Waals surface area contributed by atoms with E-state index in [9.17, 15) is 9.59 Å². The standard InChI is InChI=1S/C20H15ClN6O3S/c1-30-19(29)15-17(13-9-5-6-10-14(13)21)31-20(23-15)24-18(28)16(27-11-22-25-26-27)12-7-3-2-4-8-12/h2-11,16H,1H3,(H,23,24,28)/t16-/m1/s1. The summed E-state index contributed by atoms with van der Waals surface area (Å²) in [5.74, 6) is -1.05. The highest BCUT2D eigenvalue weighted by molar-refractivity contribution is 7.19. The number of anilines is 1. The molecule has 0 fully saturated rings. The number of amides is 1. The van der Waals surface area contributed by atoms with Crippen LogP contribution in [0.4, 0.5) is 5.13 Å². The SMILES string of the molecule is COC(=O)c1nc(NC(=O)[C@@H](c2ccccc2)n2cnnn2)sc1-c1ccccc1Cl. The molecule has 4 rings (SSSR count). The van der Waals surface area contributed by atoms with Crippen molar-refractivity contribution in [1.29, 1.82) is 0 Å². The molecule has 0 saturated carbocycles. The molecule has 0 bridgehead atoms. The highest BCUT2D eigenvalue weighted by Crippen LogP contribution is 2.37. The predicted molar refractivity (Wildman–Crippen MR) is 115 cm³/mol. The summed E-state index contributed by atoms with van der Waals surface area (Å²) >= 11 is 7.42. The Labute approximate surface area is 185 Å². The van der Waals surface area contributed by atoms with Crippen LogP contribution in [0.25, 0.3) is 10.4 Å². The minimum Gasteiger partial charge on any atom is -0.464 e. The molecule has 0 aliphatic heterocycles. The Hall–Kier alpha value is -3.63. The zero-order valence-corrected chi connectivity index (χ0v) is 17.7. The summed E-state index contributed by atoms with van der Waals surface area (Å²) in [4.78, 5) is 30.2. The molecule has 0 spiro atoms. The van der Waals surface area contributed by atoms with Gasteiger partial charge in [0.05, 0.1) is 12.0 Å². The molecule has 2 heterocycles. The largest absolute Gasteiger partial charge is 0.464 e. The first-order valence-electron chi connectivity index (χ1n) is 9.01. The molecular formula is C20H15ClN6O3S. The lowest BCUT2D eigenvalue weighted by Crippen LogP contribution is -2.27. The maximum Gasteiger partial charge on any atom is 0.358 e. The van der Waals surface area contributed by atoms with Gasteiger partial charge in [-0.3, -0.25) is 10.1 Å². The number of nitrogens with zero attached hydrogens (tertiary/aromatic N) is 5. The summed E-state index contributed by atoms with van der Waals surface area (Å²) < 4.78 is 6.19. The van der Waals surface area contributed by atoms with Gasteiger partial charge in [-0.2, -0.15) is 0 Å². The van der Waals surface area contributed by atoms with Gasteiger partial charge in [0, 0.05) is 10.6 Å². The molecule has 1 amide bonds. The van der Waals surface area contributed by atoms with Crippen LogP contribution in [0.5, 0.6) is 0 Å². The summed E-state index contributed by atoms with van der Waals surface area (Å²) in [7, 11) is 1.26. The van der Waals surface area contributed by atoms with Crippen LogP contribution in [0.2, 0.25) is 5.02 Å². The lowest BCUT2D eigenvalue weighted by atomic mass is 10.1. The zero-order valence-electron chi connectivity index (χ0n) is 16.1. The van der Waals surface area contributed by atoms with Gasteiger partial charge in [-0.25, -0.2) is 14.5 Å². The summed E-state index contributed by atoms with van der Waals surface area (Å²) in [6, 6.07) is 15.3. The second-order valence-electron chi connectivity index (χ2n) is 6.26. The number of ether oxygens (including phenoxy) is 1. The van der Waals surface area contributed by atoms with Crippen LogP contribution < -0.4 is 5.32 Å². The molecule has 9 nitrogen and oxygen atoms in total. The van der Waals surface area contributed by atoms with Crippen LogP contribution in [-0.2, 0) is 9.53 Å². The van der Waals surface area contributed by atoms with Crippen LogP contribution in [0, 0.1) is 0 Å². The fourth-order valence-corrected chi connectivity index (χ4v) is 4.24. The molecule has 1 N–H and O–H groups in total. The smallest absolute Gasteiger partial charge is 0.358 e. The minimum absolute atomic E-state index is 0.0644. The predicted octanol–water partition coefficient (Wildman–Crippen LogP) is 3.46. The van der Waals surface area contributed by atoms with Crippen molar-refractivity contribution in [3.8, 4) is 10.4 Å². The minimum atomic E-state index is -0.828. The third-order valence-electron chi connectivity index (χ3n) is 4.35. The second kappa shape index (κ2) is 9.02. The van der Waals surface area contributed by atoms with Crippen LogP contribution in [0.3, 0.4) is 0 Å². The van der Waals surface area contributed by atoms with Crippen molar-refractivity contribution in [2.45, 2.75) is 6.04 Å². The number of carbonyl (C=O) groups excluding carboxylic acids is 2. The summed E-state index contributed by atoms with van der Waals surface area (Å²) in [6.07, 6.45) is 1.36. The molecule has 2 aromatic heterocycles. The summed E-state index contributed by atoms with van der Waals surface area (Å²) in [5, 5.41) is 14.5. The number of rotatable bonds is 6. The van der Waals surface area contributed by atoms with E-state index in [-0.39, 0.29) is 10.8 Å². The van der Waals surface area contributed by atoms with Gasteiger partial charge < -0.3 is 4.74 Å². The van der Waals surface area contributed by atoms with Crippen molar-refractivity contribution in [3.63, 3.8) is 0 Å². The average molecular weight is 455 g/mol. The number of esters is 1. The van der Waals surface area contributed by atoms with E-state index in [2.05, 4.69) is 25.8 Å². The van der Waals surface area contributed by atoms with Crippen molar-refractivity contribution in [2.24, 2.45) is 0 Å². The van der Waals surface area contributed by atoms with E-state index in [1.807, 2.05) is 18.2 Å². The van der Waals surface area contributed by atoms with Crippen molar-refractivity contribution in [2.75, 3.05) is 12.4 Å². The Morgan fingerprint density at radius 3 is 2.55 bits per heavy atom. The number of methoxy groups -OCH3 is 1. The monoisotopic (exact) mass is 454 g/mol. The Morgan fingerprint density at radius 1 is 1.13 bits per heavy atom. The van der Waals surface area contributed by atoms with Crippen molar-refractivity contribution in [1.82, 2.24) is 25.2 Å². The van der Waals surface area contributed by atoms with Crippen molar-refractivity contribution in [3.05, 3.63) is 77.2 Å². The number of thiazole rings is 1. The molecule has 4 aromatic rings.